The van der Waals surface area contributed by atoms with Crippen LogP contribution in [0.15, 0.2) is 24.3 Å². The summed E-state index contributed by atoms with van der Waals surface area (Å²) in [5.74, 6) is 0. The monoisotopic (exact) mass is 283 g/mol. The van der Waals surface area contributed by atoms with E-state index < -0.39 is 0 Å². The second-order valence-corrected chi connectivity index (χ2v) is 5.38. The van der Waals surface area contributed by atoms with Crippen LogP contribution in [0.3, 0.4) is 0 Å². The van der Waals surface area contributed by atoms with Crippen LogP contribution >= 0.6 is 15.9 Å². The van der Waals surface area contributed by atoms with Crippen LogP contribution in [0, 0.1) is 0 Å². The van der Waals surface area contributed by atoms with Gasteiger partial charge < -0.3 is 9.64 Å². The molecule has 1 aliphatic rings. The molecular formula is C13H18BrNO. The highest BCUT2D eigenvalue weighted by Gasteiger charge is 2.30. The van der Waals surface area contributed by atoms with Crippen molar-refractivity contribution in [3.63, 3.8) is 0 Å². The van der Waals surface area contributed by atoms with Crippen LogP contribution in [0.2, 0.25) is 0 Å². The van der Waals surface area contributed by atoms with Crippen LogP contribution in [0.25, 0.3) is 0 Å². The van der Waals surface area contributed by atoms with Crippen molar-refractivity contribution in [2.24, 2.45) is 0 Å². The molecule has 0 radical (unpaired) electrons. The standard InChI is InChI=1S/C13H18BrNO/c1-13(2)10-16-8-7-15(13)12-5-3-11(9-14)4-6-12/h3-6H,7-10H2,1-2H3. The molecular weight excluding hydrogens is 266 g/mol. The molecule has 0 unspecified atom stereocenters. The summed E-state index contributed by atoms with van der Waals surface area (Å²) in [6, 6.07) is 8.75. The molecule has 0 spiro atoms. The lowest BCUT2D eigenvalue weighted by Gasteiger charge is -2.43. The maximum absolute atomic E-state index is 5.53. The third-order valence-corrected chi connectivity index (χ3v) is 3.70. The van der Waals surface area contributed by atoms with Gasteiger partial charge >= 0.3 is 0 Å². The SMILES string of the molecule is CC1(C)COCCN1c1ccc(CBr)cc1. The van der Waals surface area contributed by atoms with Gasteiger partial charge in [-0.05, 0) is 31.5 Å². The molecule has 1 aromatic carbocycles. The summed E-state index contributed by atoms with van der Waals surface area (Å²) >= 11 is 3.47. The molecule has 0 N–H and O–H groups in total. The topological polar surface area (TPSA) is 12.5 Å². The third kappa shape index (κ3) is 2.41. The summed E-state index contributed by atoms with van der Waals surface area (Å²) in [4.78, 5) is 2.43. The van der Waals surface area contributed by atoms with Crippen molar-refractivity contribution in [3.05, 3.63) is 29.8 Å². The van der Waals surface area contributed by atoms with Gasteiger partial charge in [0.05, 0.1) is 18.8 Å². The number of alkyl halides is 1. The van der Waals surface area contributed by atoms with Gasteiger partial charge in [0.15, 0.2) is 0 Å². The summed E-state index contributed by atoms with van der Waals surface area (Å²) in [5.41, 5.74) is 2.70. The van der Waals surface area contributed by atoms with E-state index in [2.05, 4.69) is 58.9 Å². The number of nitrogens with zero attached hydrogens (tertiary/aromatic N) is 1. The van der Waals surface area contributed by atoms with E-state index in [1.807, 2.05) is 0 Å². The zero-order valence-corrected chi connectivity index (χ0v) is 11.5. The quantitative estimate of drug-likeness (QED) is 0.773. The first-order valence-corrected chi connectivity index (χ1v) is 6.76. The maximum Gasteiger partial charge on any atom is 0.0694 e. The lowest BCUT2D eigenvalue weighted by molar-refractivity contribution is 0.0644. The Kier molecular flexibility index (Phi) is 3.55. The maximum atomic E-state index is 5.53. The van der Waals surface area contributed by atoms with Gasteiger partial charge in [0.2, 0.25) is 0 Å². The highest BCUT2D eigenvalue weighted by atomic mass is 79.9. The molecule has 0 saturated carbocycles. The summed E-state index contributed by atoms with van der Waals surface area (Å²) in [6.07, 6.45) is 0. The molecule has 16 heavy (non-hydrogen) atoms. The highest BCUT2D eigenvalue weighted by molar-refractivity contribution is 9.08. The molecule has 88 valence electrons. The minimum absolute atomic E-state index is 0.0914. The fourth-order valence-corrected chi connectivity index (χ4v) is 2.48. The largest absolute Gasteiger partial charge is 0.377 e. The Morgan fingerprint density at radius 1 is 1.31 bits per heavy atom. The molecule has 0 amide bonds. The number of halogens is 1. The molecule has 2 nitrogen and oxygen atoms in total. The van der Waals surface area contributed by atoms with Crippen LogP contribution in [0.5, 0.6) is 0 Å². The lowest BCUT2D eigenvalue weighted by atomic mass is 10.0. The average molecular weight is 284 g/mol. The van der Waals surface area contributed by atoms with E-state index in [4.69, 9.17) is 4.74 Å². The molecule has 0 atom stereocenters. The number of morpholine rings is 1. The van der Waals surface area contributed by atoms with Crippen LogP contribution in [-0.2, 0) is 10.1 Å². The van der Waals surface area contributed by atoms with Crippen LogP contribution in [0.4, 0.5) is 5.69 Å². The normalized spacial score (nSPS) is 19.8. The Labute approximate surface area is 106 Å². The summed E-state index contributed by atoms with van der Waals surface area (Å²) in [7, 11) is 0. The van der Waals surface area contributed by atoms with Crippen molar-refractivity contribution in [2.45, 2.75) is 24.7 Å². The molecule has 0 bridgehead atoms. The smallest absolute Gasteiger partial charge is 0.0694 e. The van der Waals surface area contributed by atoms with Gasteiger partial charge in [-0.15, -0.1) is 0 Å². The molecule has 0 aromatic heterocycles. The second kappa shape index (κ2) is 4.76. The van der Waals surface area contributed by atoms with Gasteiger partial charge in [0, 0.05) is 17.6 Å². The van der Waals surface area contributed by atoms with Crippen molar-refractivity contribution in [3.8, 4) is 0 Å². The molecule has 2 rings (SSSR count). The van der Waals surface area contributed by atoms with E-state index >= 15 is 0 Å². The van der Waals surface area contributed by atoms with Crippen molar-refractivity contribution in [2.75, 3.05) is 24.7 Å². The van der Waals surface area contributed by atoms with Crippen molar-refractivity contribution < 1.29 is 4.74 Å². The minimum Gasteiger partial charge on any atom is -0.377 e. The Balaban J connectivity index is 2.21. The van der Waals surface area contributed by atoms with E-state index in [0.717, 1.165) is 25.1 Å². The first-order valence-electron chi connectivity index (χ1n) is 5.64. The lowest BCUT2D eigenvalue weighted by Crippen LogP contribution is -2.53. The minimum atomic E-state index is 0.0914. The Bertz CT molecular complexity index is 347. The van der Waals surface area contributed by atoms with Gasteiger partial charge in [-0.25, -0.2) is 0 Å². The molecule has 1 fully saturated rings. The van der Waals surface area contributed by atoms with Crippen LogP contribution in [0.1, 0.15) is 19.4 Å². The zero-order chi connectivity index (χ0) is 11.6. The number of hydrogen-bond acceptors (Lipinski definition) is 2. The van der Waals surface area contributed by atoms with Crippen LogP contribution < -0.4 is 4.90 Å². The molecule has 0 aliphatic carbocycles. The second-order valence-electron chi connectivity index (χ2n) is 4.82. The predicted octanol–water partition coefficient (Wildman–Crippen LogP) is 3.20. The number of anilines is 1. The Hall–Kier alpha value is -0.540. The average Bonchev–Trinajstić information content (AvgIpc) is 2.29. The molecule has 1 saturated heterocycles. The molecule has 1 aromatic rings. The van der Waals surface area contributed by atoms with Gasteiger partial charge in [0.25, 0.3) is 0 Å². The summed E-state index contributed by atoms with van der Waals surface area (Å²) in [5, 5.41) is 0.916. The zero-order valence-electron chi connectivity index (χ0n) is 9.87. The predicted molar refractivity (Wildman–Crippen MR) is 71.3 cm³/mol. The van der Waals surface area contributed by atoms with Gasteiger partial charge in [-0.2, -0.15) is 0 Å². The fraction of sp³-hybridized carbons (Fsp3) is 0.538. The summed E-state index contributed by atoms with van der Waals surface area (Å²) < 4.78 is 5.53. The first-order chi connectivity index (χ1) is 7.63. The van der Waals surface area contributed by atoms with Gasteiger partial charge in [-0.3, -0.25) is 0 Å². The Morgan fingerprint density at radius 3 is 2.56 bits per heavy atom. The fourth-order valence-electron chi connectivity index (χ4n) is 2.10. The van der Waals surface area contributed by atoms with Crippen molar-refractivity contribution in [1.29, 1.82) is 0 Å². The third-order valence-electron chi connectivity index (χ3n) is 3.05. The first kappa shape index (κ1) is 11.9. The molecule has 3 heteroatoms. The Morgan fingerprint density at radius 2 is 2.00 bits per heavy atom. The molecule has 1 heterocycles. The van der Waals surface area contributed by atoms with E-state index in [1.54, 1.807) is 0 Å². The number of rotatable bonds is 2. The van der Waals surface area contributed by atoms with E-state index in [-0.39, 0.29) is 5.54 Å². The highest BCUT2D eigenvalue weighted by Crippen LogP contribution is 2.27. The van der Waals surface area contributed by atoms with Crippen molar-refractivity contribution >= 4 is 21.6 Å². The number of ether oxygens (including phenoxy) is 1. The van der Waals surface area contributed by atoms with E-state index in [1.165, 1.54) is 11.3 Å². The molecule has 1 aliphatic heterocycles. The van der Waals surface area contributed by atoms with E-state index in [0.29, 0.717) is 0 Å². The van der Waals surface area contributed by atoms with Crippen LogP contribution in [-0.4, -0.2) is 25.3 Å². The van der Waals surface area contributed by atoms with Crippen molar-refractivity contribution in [1.82, 2.24) is 0 Å². The van der Waals surface area contributed by atoms with E-state index in [9.17, 15) is 0 Å². The number of hydrogen-bond donors (Lipinski definition) is 0. The van der Waals surface area contributed by atoms with Gasteiger partial charge in [0.1, 0.15) is 0 Å². The number of benzene rings is 1. The van der Waals surface area contributed by atoms with Gasteiger partial charge in [-0.1, -0.05) is 28.1 Å². The summed E-state index contributed by atoms with van der Waals surface area (Å²) in [6.45, 7) is 7.05.